The van der Waals surface area contributed by atoms with Gasteiger partial charge in [0.05, 0.1) is 0 Å². The van der Waals surface area contributed by atoms with Gasteiger partial charge in [0.15, 0.2) is 0 Å². The second-order valence-corrected chi connectivity index (χ2v) is 7.67. The number of rotatable bonds is 5. The molecule has 5 aromatic rings. The quantitative estimate of drug-likeness (QED) is 0.223. The zero-order chi connectivity index (χ0) is 18.2. The van der Waals surface area contributed by atoms with E-state index in [1.54, 1.807) is 0 Å². The van der Waals surface area contributed by atoms with Crippen LogP contribution >= 0.6 is 0 Å². The molecular weight excluding hydrogens is 324 g/mol. The first-order chi connectivity index (χ1) is 13.3. The van der Waals surface area contributed by atoms with Crippen LogP contribution in [0.5, 0.6) is 0 Å². The monoisotopic (exact) mass is 348 g/mol. The third-order valence-corrected chi connectivity index (χ3v) is 5.79. The van der Waals surface area contributed by atoms with Crippen molar-refractivity contribution < 1.29 is 0 Å². The second kappa shape index (κ2) is 6.70. The van der Waals surface area contributed by atoms with E-state index in [0.717, 1.165) is 0 Å². The first-order valence-corrected chi connectivity index (χ1v) is 10.1. The van der Waals surface area contributed by atoms with E-state index in [1.807, 2.05) is 0 Å². The minimum absolute atomic E-state index is 1.18. The highest BCUT2D eigenvalue weighted by Crippen LogP contribution is 2.37. The van der Waals surface area contributed by atoms with Crippen molar-refractivity contribution in [2.24, 2.45) is 0 Å². The molecule has 0 radical (unpaired) electrons. The molecule has 0 amide bonds. The van der Waals surface area contributed by atoms with Gasteiger partial charge < -0.3 is 0 Å². The van der Waals surface area contributed by atoms with Crippen molar-refractivity contribution in [2.45, 2.75) is 32.6 Å². The van der Waals surface area contributed by atoms with Crippen molar-refractivity contribution in [2.75, 3.05) is 0 Å². The maximum atomic E-state index is 2.38. The van der Waals surface area contributed by atoms with Gasteiger partial charge in [0, 0.05) is 0 Å². The molecule has 0 atom stereocenters. The summed E-state index contributed by atoms with van der Waals surface area (Å²) in [5.41, 5.74) is 4.10. The lowest BCUT2D eigenvalue weighted by molar-refractivity contribution is 0.717. The van der Waals surface area contributed by atoms with E-state index in [1.165, 1.54) is 74.7 Å². The number of hydrogen-bond donors (Lipinski definition) is 0. The van der Waals surface area contributed by atoms with E-state index >= 15 is 0 Å². The molecule has 27 heavy (non-hydrogen) atoms. The Morgan fingerprint density at radius 3 is 1.89 bits per heavy atom. The van der Waals surface area contributed by atoms with Crippen LogP contribution in [0.25, 0.3) is 43.4 Å². The van der Waals surface area contributed by atoms with Gasteiger partial charge in [0.25, 0.3) is 0 Å². The predicted octanol–water partition coefficient (Wildman–Crippen LogP) is 7.98. The van der Waals surface area contributed by atoms with E-state index in [2.05, 4.69) is 85.8 Å². The molecule has 0 aliphatic carbocycles. The fourth-order valence-electron chi connectivity index (χ4n) is 4.41. The van der Waals surface area contributed by atoms with E-state index in [9.17, 15) is 0 Å². The molecule has 5 rings (SSSR count). The largest absolute Gasteiger partial charge is 0.0654 e. The molecule has 0 unspecified atom stereocenters. The van der Waals surface area contributed by atoms with Gasteiger partial charge in [-0.25, -0.2) is 0 Å². The van der Waals surface area contributed by atoms with Gasteiger partial charge in [-0.3, -0.25) is 0 Å². The highest BCUT2D eigenvalue weighted by Gasteiger charge is 2.10. The van der Waals surface area contributed by atoms with Gasteiger partial charge >= 0.3 is 0 Å². The third-order valence-electron chi connectivity index (χ3n) is 5.79. The summed E-state index contributed by atoms with van der Waals surface area (Å²) in [6, 6.07) is 29.5. The Morgan fingerprint density at radius 2 is 1.19 bits per heavy atom. The highest BCUT2D eigenvalue weighted by molar-refractivity contribution is 6.23. The summed E-state index contributed by atoms with van der Waals surface area (Å²) in [5, 5.41) is 8.12. The van der Waals surface area contributed by atoms with Gasteiger partial charge in [-0.2, -0.15) is 0 Å². The second-order valence-electron chi connectivity index (χ2n) is 7.67. The molecular formula is C27H24. The summed E-state index contributed by atoms with van der Waals surface area (Å²) in [5.74, 6) is 0. The summed E-state index contributed by atoms with van der Waals surface area (Å²) in [6.45, 7) is 2.26. The number of benzene rings is 5. The van der Waals surface area contributed by atoms with Crippen molar-refractivity contribution in [3.63, 3.8) is 0 Å². The SMILES string of the molecule is CCCCCc1cccc(-c2cc3ccc4cccc5ccc(c2)c3c45)c1. The lowest BCUT2D eigenvalue weighted by Crippen LogP contribution is -1.88. The van der Waals surface area contributed by atoms with E-state index in [4.69, 9.17) is 0 Å². The van der Waals surface area contributed by atoms with Crippen LogP contribution in [-0.2, 0) is 6.42 Å². The molecule has 5 aromatic carbocycles. The Bertz CT molecular complexity index is 1170. The first-order valence-electron chi connectivity index (χ1n) is 10.1. The molecule has 0 spiro atoms. The van der Waals surface area contributed by atoms with Crippen LogP contribution in [0, 0.1) is 0 Å². The Balaban J connectivity index is 1.65. The maximum Gasteiger partial charge on any atom is -0.00264 e. The van der Waals surface area contributed by atoms with Crippen molar-refractivity contribution in [3.05, 3.63) is 84.4 Å². The highest BCUT2D eigenvalue weighted by atomic mass is 14.1. The minimum atomic E-state index is 1.18. The Kier molecular flexibility index (Phi) is 4.05. The molecule has 0 nitrogen and oxygen atoms in total. The van der Waals surface area contributed by atoms with Gasteiger partial charge in [-0.1, -0.05) is 86.5 Å². The molecule has 0 aliphatic rings. The van der Waals surface area contributed by atoms with Crippen LogP contribution in [0.4, 0.5) is 0 Å². The van der Waals surface area contributed by atoms with Crippen LogP contribution in [0.15, 0.2) is 78.9 Å². The topological polar surface area (TPSA) is 0 Å². The Labute approximate surface area is 160 Å². The summed E-state index contributed by atoms with van der Waals surface area (Å²) >= 11 is 0. The van der Waals surface area contributed by atoms with E-state index < -0.39 is 0 Å². The van der Waals surface area contributed by atoms with E-state index in [-0.39, 0.29) is 0 Å². The molecule has 0 N–H and O–H groups in total. The van der Waals surface area contributed by atoms with Gasteiger partial charge in [-0.05, 0) is 74.0 Å². The maximum absolute atomic E-state index is 2.38. The molecule has 0 bridgehead atoms. The fraction of sp³-hybridized carbons (Fsp3) is 0.185. The average Bonchev–Trinajstić information content (AvgIpc) is 2.72. The summed E-state index contributed by atoms with van der Waals surface area (Å²) in [6.07, 6.45) is 5.04. The van der Waals surface area contributed by atoms with E-state index in [0.29, 0.717) is 0 Å². The van der Waals surface area contributed by atoms with Crippen molar-refractivity contribution in [1.82, 2.24) is 0 Å². The van der Waals surface area contributed by atoms with Crippen LogP contribution in [0.2, 0.25) is 0 Å². The van der Waals surface area contributed by atoms with Crippen molar-refractivity contribution >= 4 is 32.3 Å². The zero-order valence-corrected chi connectivity index (χ0v) is 15.8. The minimum Gasteiger partial charge on any atom is -0.0654 e. The molecule has 0 fully saturated rings. The fourth-order valence-corrected chi connectivity index (χ4v) is 4.41. The zero-order valence-electron chi connectivity index (χ0n) is 15.8. The van der Waals surface area contributed by atoms with Crippen molar-refractivity contribution in [3.8, 4) is 11.1 Å². The lowest BCUT2D eigenvalue weighted by Gasteiger charge is -2.13. The molecule has 0 heteroatoms. The summed E-state index contributed by atoms with van der Waals surface area (Å²) in [4.78, 5) is 0. The van der Waals surface area contributed by atoms with Crippen LogP contribution in [0.3, 0.4) is 0 Å². The van der Waals surface area contributed by atoms with Gasteiger partial charge in [-0.15, -0.1) is 0 Å². The Morgan fingerprint density at radius 1 is 0.556 bits per heavy atom. The number of unbranched alkanes of at least 4 members (excludes halogenated alkanes) is 2. The van der Waals surface area contributed by atoms with Crippen LogP contribution in [-0.4, -0.2) is 0 Å². The summed E-state index contributed by atoms with van der Waals surface area (Å²) in [7, 11) is 0. The molecule has 0 saturated heterocycles. The number of hydrogen-bond acceptors (Lipinski definition) is 0. The molecule has 0 heterocycles. The smallest absolute Gasteiger partial charge is 0.00264 e. The summed E-state index contributed by atoms with van der Waals surface area (Å²) < 4.78 is 0. The van der Waals surface area contributed by atoms with Crippen molar-refractivity contribution in [1.29, 1.82) is 0 Å². The number of aryl methyl sites for hydroxylation is 1. The lowest BCUT2D eigenvalue weighted by atomic mass is 9.91. The average molecular weight is 348 g/mol. The standard InChI is InChI=1S/C27H24/c1-2-3-4-7-19-8-5-11-22(16-19)25-17-23-14-12-20-9-6-10-21-13-15-24(18-25)27(23)26(20)21/h5-6,8-18H,2-4,7H2,1H3. The molecule has 0 aromatic heterocycles. The van der Waals surface area contributed by atoms with Gasteiger partial charge in [0.2, 0.25) is 0 Å². The normalized spacial score (nSPS) is 11.7. The molecule has 0 saturated carbocycles. The van der Waals surface area contributed by atoms with Crippen LogP contribution < -0.4 is 0 Å². The Hall–Kier alpha value is -2.86. The predicted molar refractivity (Wildman–Crippen MR) is 119 cm³/mol. The van der Waals surface area contributed by atoms with Crippen LogP contribution in [0.1, 0.15) is 31.7 Å². The van der Waals surface area contributed by atoms with Gasteiger partial charge in [0.1, 0.15) is 0 Å². The third kappa shape index (κ3) is 2.86. The molecule has 132 valence electrons. The molecule has 0 aliphatic heterocycles. The first kappa shape index (κ1) is 16.3.